The van der Waals surface area contributed by atoms with E-state index in [1.165, 1.54) is 4.90 Å². The highest BCUT2D eigenvalue weighted by atomic mass is 16.5. The zero-order valence-corrected chi connectivity index (χ0v) is 20.6. The predicted molar refractivity (Wildman–Crippen MR) is 133 cm³/mol. The molecule has 2 amide bonds. The van der Waals surface area contributed by atoms with Gasteiger partial charge in [0, 0.05) is 25.4 Å². The van der Waals surface area contributed by atoms with E-state index >= 15 is 0 Å². The van der Waals surface area contributed by atoms with Crippen LogP contribution in [0, 0.1) is 5.92 Å². The van der Waals surface area contributed by atoms with Crippen molar-refractivity contribution in [3.05, 3.63) is 59.7 Å². The molecule has 35 heavy (non-hydrogen) atoms. The van der Waals surface area contributed by atoms with Gasteiger partial charge in [-0.1, -0.05) is 75.2 Å². The van der Waals surface area contributed by atoms with E-state index in [9.17, 15) is 19.5 Å². The van der Waals surface area contributed by atoms with Crippen LogP contribution in [0.5, 0.6) is 0 Å². The fraction of sp³-hybridized carbons (Fsp3) is 0.464. The summed E-state index contributed by atoms with van der Waals surface area (Å²) in [5.74, 6) is -1.32. The largest absolute Gasteiger partial charge is 0.479 e. The van der Waals surface area contributed by atoms with Gasteiger partial charge in [0.2, 0.25) is 5.91 Å². The van der Waals surface area contributed by atoms with Crippen molar-refractivity contribution >= 4 is 18.0 Å². The molecule has 2 aromatic carbocycles. The molecule has 1 fully saturated rings. The van der Waals surface area contributed by atoms with Crippen LogP contribution < -0.4 is 5.32 Å². The lowest BCUT2D eigenvalue weighted by molar-refractivity contribution is -0.157. The van der Waals surface area contributed by atoms with Crippen molar-refractivity contribution in [1.82, 2.24) is 10.2 Å². The maximum atomic E-state index is 13.0. The van der Waals surface area contributed by atoms with Gasteiger partial charge in [-0.25, -0.2) is 9.59 Å². The van der Waals surface area contributed by atoms with Gasteiger partial charge in [-0.15, -0.1) is 0 Å². The SMILES string of the molecule is CC(C)[C@H](CC(=O)N(C)C1(C(=O)O)CCCC1)NC(=O)OCC1c2ccccc2-c2ccccc21. The van der Waals surface area contributed by atoms with Gasteiger partial charge in [-0.05, 0) is 41.0 Å². The molecular weight excluding hydrogens is 444 g/mol. The number of hydrogen-bond acceptors (Lipinski definition) is 4. The van der Waals surface area contributed by atoms with Gasteiger partial charge in [-0.3, -0.25) is 4.79 Å². The molecule has 0 bridgehead atoms. The molecule has 0 spiro atoms. The number of amides is 2. The first-order valence-electron chi connectivity index (χ1n) is 12.4. The summed E-state index contributed by atoms with van der Waals surface area (Å²) >= 11 is 0. The van der Waals surface area contributed by atoms with Crippen LogP contribution in [-0.4, -0.2) is 53.2 Å². The van der Waals surface area contributed by atoms with Gasteiger partial charge in [0.05, 0.1) is 0 Å². The number of alkyl carbamates (subject to hydrolysis) is 1. The van der Waals surface area contributed by atoms with Crippen LogP contribution in [0.3, 0.4) is 0 Å². The first-order chi connectivity index (χ1) is 16.7. The average molecular weight is 479 g/mol. The molecule has 1 atom stereocenters. The van der Waals surface area contributed by atoms with E-state index in [0.29, 0.717) is 12.8 Å². The minimum absolute atomic E-state index is 0.0212. The van der Waals surface area contributed by atoms with Crippen LogP contribution in [0.4, 0.5) is 4.79 Å². The van der Waals surface area contributed by atoms with Crippen LogP contribution in [0.25, 0.3) is 11.1 Å². The van der Waals surface area contributed by atoms with E-state index in [2.05, 4.69) is 29.6 Å². The first-order valence-corrected chi connectivity index (χ1v) is 12.4. The Labute approximate surface area is 206 Å². The molecule has 186 valence electrons. The Morgan fingerprint density at radius 3 is 2.09 bits per heavy atom. The number of rotatable bonds is 8. The molecule has 1 saturated carbocycles. The summed E-state index contributed by atoms with van der Waals surface area (Å²) in [6, 6.07) is 15.8. The number of ether oxygens (including phenoxy) is 1. The third-order valence-electron chi connectivity index (χ3n) is 7.69. The van der Waals surface area contributed by atoms with Gasteiger partial charge in [-0.2, -0.15) is 0 Å². The molecular formula is C28H34N2O5. The molecule has 0 aromatic heterocycles. The van der Waals surface area contributed by atoms with Crippen molar-refractivity contribution in [3.8, 4) is 11.1 Å². The van der Waals surface area contributed by atoms with Crippen LogP contribution >= 0.6 is 0 Å². The number of carboxylic acids is 1. The number of likely N-dealkylation sites (N-methyl/N-ethyl adjacent to an activating group) is 1. The molecule has 7 heteroatoms. The molecule has 0 unspecified atom stereocenters. The molecule has 0 aliphatic heterocycles. The van der Waals surface area contributed by atoms with Gasteiger partial charge in [0.15, 0.2) is 0 Å². The Hall–Kier alpha value is -3.35. The Morgan fingerprint density at radius 2 is 1.57 bits per heavy atom. The summed E-state index contributed by atoms with van der Waals surface area (Å²) in [6.07, 6.45) is 1.93. The second-order valence-corrected chi connectivity index (χ2v) is 10.0. The lowest BCUT2D eigenvalue weighted by Gasteiger charge is -2.36. The maximum Gasteiger partial charge on any atom is 0.407 e. The highest BCUT2D eigenvalue weighted by Crippen LogP contribution is 2.44. The molecule has 0 heterocycles. The van der Waals surface area contributed by atoms with Crippen LogP contribution in [-0.2, 0) is 14.3 Å². The molecule has 0 saturated heterocycles. The molecule has 2 N–H and O–H groups in total. The van der Waals surface area contributed by atoms with Gasteiger partial charge < -0.3 is 20.1 Å². The molecule has 2 aliphatic rings. The number of carboxylic acid groups (broad SMARTS) is 1. The number of nitrogens with one attached hydrogen (secondary N) is 1. The maximum absolute atomic E-state index is 13.0. The summed E-state index contributed by atoms with van der Waals surface area (Å²) in [7, 11) is 1.56. The number of nitrogens with zero attached hydrogens (tertiary/aromatic N) is 1. The summed E-state index contributed by atoms with van der Waals surface area (Å²) in [5, 5.41) is 12.7. The number of carbonyl (C=O) groups is 3. The fourth-order valence-electron chi connectivity index (χ4n) is 5.46. The molecule has 2 aromatic rings. The summed E-state index contributed by atoms with van der Waals surface area (Å²) in [5.41, 5.74) is 3.43. The van der Waals surface area contributed by atoms with Gasteiger partial charge in [0.25, 0.3) is 0 Å². The third kappa shape index (κ3) is 4.77. The quantitative estimate of drug-likeness (QED) is 0.568. The summed E-state index contributed by atoms with van der Waals surface area (Å²) < 4.78 is 5.65. The Bertz CT molecular complexity index is 1060. The topological polar surface area (TPSA) is 95.9 Å². The van der Waals surface area contributed by atoms with E-state index in [1.807, 2.05) is 38.1 Å². The first kappa shape index (κ1) is 24.8. The van der Waals surface area contributed by atoms with Crippen molar-refractivity contribution < 1.29 is 24.2 Å². The van der Waals surface area contributed by atoms with Crippen molar-refractivity contribution in [3.63, 3.8) is 0 Å². The number of carbonyl (C=O) groups excluding carboxylic acids is 2. The van der Waals surface area contributed by atoms with Gasteiger partial charge >= 0.3 is 12.1 Å². The predicted octanol–water partition coefficient (Wildman–Crippen LogP) is 4.80. The van der Waals surface area contributed by atoms with Crippen LogP contribution in [0.2, 0.25) is 0 Å². The van der Waals surface area contributed by atoms with Crippen LogP contribution in [0.1, 0.15) is 63.0 Å². The fourth-order valence-corrected chi connectivity index (χ4v) is 5.46. The lowest BCUT2D eigenvalue weighted by Crippen LogP contribution is -2.55. The van der Waals surface area contributed by atoms with Crippen molar-refractivity contribution in [2.45, 2.75) is 63.5 Å². The van der Waals surface area contributed by atoms with E-state index in [0.717, 1.165) is 35.1 Å². The normalized spacial score (nSPS) is 16.9. The second-order valence-electron chi connectivity index (χ2n) is 10.0. The van der Waals surface area contributed by atoms with E-state index in [-0.39, 0.29) is 30.8 Å². The Kier molecular flexibility index (Phi) is 7.15. The smallest absolute Gasteiger partial charge is 0.407 e. The number of aliphatic carboxylic acids is 1. The number of benzene rings is 2. The molecule has 2 aliphatic carbocycles. The Morgan fingerprint density at radius 1 is 1.03 bits per heavy atom. The highest BCUT2D eigenvalue weighted by molar-refractivity contribution is 5.87. The number of hydrogen-bond donors (Lipinski definition) is 2. The Balaban J connectivity index is 1.39. The zero-order chi connectivity index (χ0) is 25.2. The molecule has 4 rings (SSSR count). The second kappa shape index (κ2) is 10.1. The van der Waals surface area contributed by atoms with E-state index in [1.54, 1.807) is 7.05 Å². The van der Waals surface area contributed by atoms with Gasteiger partial charge in [0.1, 0.15) is 12.1 Å². The minimum atomic E-state index is -1.15. The monoisotopic (exact) mass is 478 g/mol. The highest BCUT2D eigenvalue weighted by Gasteiger charge is 2.47. The van der Waals surface area contributed by atoms with Crippen molar-refractivity contribution in [1.29, 1.82) is 0 Å². The van der Waals surface area contributed by atoms with E-state index < -0.39 is 23.6 Å². The molecule has 0 radical (unpaired) electrons. The number of fused-ring (bicyclic) bond motifs is 3. The van der Waals surface area contributed by atoms with Crippen molar-refractivity contribution in [2.24, 2.45) is 5.92 Å². The lowest BCUT2D eigenvalue weighted by atomic mass is 9.93. The standard InChI is InChI=1S/C28H34N2O5/c1-18(2)24(16-25(31)30(3)28(26(32)33)14-8-9-15-28)29-27(34)35-17-23-21-12-6-4-10-19(21)20-11-5-7-13-22(20)23/h4-7,10-13,18,23-24H,8-9,14-17H2,1-3H3,(H,29,34)(H,32,33)/t24-/m0/s1. The molecule has 7 nitrogen and oxygen atoms in total. The van der Waals surface area contributed by atoms with E-state index in [4.69, 9.17) is 4.74 Å². The van der Waals surface area contributed by atoms with Crippen LogP contribution in [0.15, 0.2) is 48.5 Å². The summed E-state index contributed by atoms with van der Waals surface area (Å²) in [4.78, 5) is 39.2. The third-order valence-corrected chi connectivity index (χ3v) is 7.69. The zero-order valence-electron chi connectivity index (χ0n) is 20.6. The average Bonchev–Trinajstić information content (AvgIpc) is 3.46. The summed E-state index contributed by atoms with van der Waals surface area (Å²) in [6.45, 7) is 4.04. The van der Waals surface area contributed by atoms with Crippen molar-refractivity contribution in [2.75, 3.05) is 13.7 Å². The minimum Gasteiger partial charge on any atom is -0.479 e.